The van der Waals surface area contributed by atoms with E-state index in [2.05, 4.69) is 10.6 Å². The summed E-state index contributed by atoms with van der Waals surface area (Å²) in [5.74, 6) is -0.306. The molecule has 0 aromatic heterocycles. The van der Waals surface area contributed by atoms with Crippen LogP contribution >= 0.6 is 35.8 Å². The third kappa shape index (κ3) is 6.27. The van der Waals surface area contributed by atoms with Crippen molar-refractivity contribution in [3.63, 3.8) is 0 Å². The van der Waals surface area contributed by atoms with Crippen LogP contribution in [0.2, 0.25) is 5.02 Å². The van der Waals surface area contributed by atoms with Crippen LogP contribution < -0.4 is 10.6 Å². The molecule has 1 heterocycles. The molecule has 2 aromatic carbocycles. The number of amides is 1. The van der Waals surface area contributed by atoms with Crippen molar-refractivity contribution in [3.05, 3.63) is 57.9 Å². The summed E-state index contributed by atoms with van der Waals surface area (Å²) in [6.07, 6.45) is 3.26. The first kappa shape index (κ1) is 23.8. The minimum atomic E-state index is -0.500. The number of hydrogen-bond acceptors (Lipinski definition) is 3. The maximum atomic E-state index is 14.5. The van der Waals surface area contributed by atoms with Crippen LogP contribution in [0.5, 0.6) is 0 Å². The van der Waals surface area contributed by atoms with Gasteiger partial charge in [-0.3, -0.25) is 4.79 Å². The van der Waals surface area contributed by atoms with E-state index >= 15 is 0 Å². The van der Waals surface area contributed by atoms with E-state index in [9.17, 15) is 9.18 Å². The third-order valence-electron chi connectivity index (χ3n) is 4.53. The van der Waals surface area contributed by atoms with Gasteiger partial charge in [-0.25, -0.2) is 4.39 Å². The van der Waals surface area contributed by atoms with Crippen LogP contribution in [0.25, 0.3) is 0 Å². The molecular weight excluding hydrogens is 430 g/mol. The second kappa shape index (κ2) is 10.1. The molecule has 0 atom stereocenters. The lowest BCUT2D eigenvalue weighted by Gasteiger charge is -2.20. The summed E-state index contributed by atoms with van der Waals surface area (Å²) in [6, 6.07) is 8.76. The lowest BCUT2D eigenvalue weighted by atomic mass is 10.1. The first-order valence-electron chi connectivity index (χ1n) is 9.53. The second-order valence-electron chi connectivity index (χ2n) is 8.09. The van der Waals surface area contributed by atoms with Crippen LogP contribution in [0.1, 0.15) is 55.1 Å². The molecule has 1 amide bonds. The smallest absolute Gasteiger partial charge is 0.254 e. The molecule has 3 rings (SSSR count). The fourth-order valence-corrected chi connectivity index (χ4v) is 4.64. The fourth-order valence-electron chi connectivity index (χ4n) is 3.21. The molecule has 0 saturated heterocycles. The summed E-state index contributed by atoms with van der Waals surface area (Å²) >= 11 is 8.08. The Morgan fingerprint density at radius 3 is 2.69 bits per heavy atom. The molecule has 158 valence electrons. The van der Waals surface area contributed by atoms with Crippen molar-refractivity contribution in [3.8, 4) is 0 Å². The molecule has 2 aromatic rings. The predicted octanol–water partition coefficient (Wildman–Crippen LogP) is 6.47. The first-order chi connectivity index (χ1) is 13.2. The fraction of sp³-hybridized carbons (Fsp3) is 0.409. The van der Waals surface area contributed by atoms with E-state index in [1.807, 2.05) is 32.9 Å². The molecule has 0 aliphatic carbocycles. The average Bonchev–Trinajstić information content (AvgIpc) is 2.85. The highest BCUT2D eigenvalue weighted by Gasteiger charge is 2.19. The zero-order valence-electron chi connectivity index (χ0n) is 16.9. The summed E-state index contributed by atoms with van der Waals surface area (Å²) in [7, 11) is 0. The van der Waals surface area contributed by atoms with Gasteiger partial charge in [0.05, 0.1) is 10.6 Å². The number of carbonyl (C=O) groups is 1. The van der Waals surface area contributed by atoms with Crippen molar-refractivity contribution in [2.45, 2.75) is 56.2 Å². The highest BCUT2D eigenvalue weighted by Crippen LogP contribution is 2.38. The number of benzene rings is 2. The number of fused-ring (bicyclic) bond motifs is 1. The largest absolute Gasteiger partial charge is 0.385 e. The molecule has 0 spiro atoms. The van der Waals surface area contributed by atoms with Gasteiger partial charge in [0.15, 0.2) is 0 Å². The minimum absolute atomic E-state index is 0. The Balaban J connectivity index is 0.00000300. The van der Waals surface area contributed by atoms with Crippen molar-refractivity contribution in [2.75, 3.05) is 11.9 Å². The van der Waals surface area contributed by atoms with Gasteiger partial charge < -0.3 is 10.6 Å². The van der Waals surface area contributed by atoms with Crippen molar-refractivity contribution in [1.29, 1.82) is 0 Å². The standard InChI is InChI=1S/C22H26ClFN2OS.ClH/c1-22(2,3)26-21(27)15-8-7-14(12-18(15)24)13-28-20-16-6-4-5-11-25-19(16)10-9-17(20)23;/h7-10,12,25H,4-6,11,13H2,1-3H3,(H,26,27);1H. The molecule has 7 heteroatoms. The van der Waals surface area contributed by atoms with Gasteiger partial charge in [0.25, 0.3) is 5.91 Å². The monoisotopic (exact) mass is 456 g/mol. The van der Waals surface area contributed by atoms with Gasteiger partial charge in [0.2, 0.25) is 0 Å². The van der Waals surface area contributed by atoms with E-state index in [4.69, 9.17) is 11.6 Å². The summed E-state index contributed by atoms with van der Waals surface area (Å²) in [4.78, 5) is 13.3. The number of rotatable bonds is 4. The number of thioether (sulfide) groups is 1. The van der Waals surface area contributed by atoms with E-state index in [1.165, 1.54) is 11.6 Å². The number of anilines is 1. The number of carbonyl (C=O) groups excluding carboxylic acids is 1. The molecule has 0 radical (unpaired) electrons. The Morgan fingerprint density at radius 1 is 1.24 bits per heavy atom. The molecule has 29 heavy (non-hydrogen) atoms. The van der Waals surface area contributed by atoms with Gasteiger partial charge in [-0.15, -0.1) is 24.2 Å². The zero-order chi connectivity index (χ0) is 20.3. The van der Waals surface area contributed by atoms with E-state index < -0.39 is 17.3 Å². The number of hydrogen-bond donors (Lipinski definition) is 2. The Bertz CT molecular complexity index is 884. The topological polar surface area (TPSA) is 41.1 Å². The zero-order valence-corrected chi connectivity index (χ0v) is 19.3. The Morgan fingerprint density at radius 2 is 2.00 bits per heavy atom. The molecule has 1 aliphatic rings. The van der Waals surface area contributed by atoms with Crippen molar-refractivity contribution in [2.24, 2.45) is 0 Å². The maximum absolute atomic E-state index is 14.5. The summed E-state index contributed by atoms with van der Waals surface area (Å²) < 4.78 is 14.5. The normalized spacial score (nSPS) is 13.6. The second-order valence-corrected chi connectivity index (χ2v) is 9.49. The Kier molecular flexibility index (Phi) is 8.27. The predicted molar refractivity (Wildman–Crippen MR) is 123 cm³/mol. The van der Waals surface area contributed by atoms with E-state index in [0.29, 0.717) is 5.75 Å². The van der Waals surface area contributed by atoms with Crippen molar-refractivity contribution >= 4 is 47.4 Å². The average molecular weight is 457 g/mol. The highest BCUT2D eigenvalue weighted by atomic mass is 35.5. The number of halogens is 3. The summed E-state index contributed by atoms with van der Waals surface area (Å²) in [5, 5.41) is 6.99. The molecule has 0 saturated carbocycles. The van der Waals surface area contributed by atoms with Crippen LogP contribution in [0, 0.1) is 5.82 Å². The van der Waals surface area contributed by atoms with Crippen LogP contribution in [-0.4, -0.2) is 18.0 Å². The minimum Gasteiger partial charge on any atom is -0.385 e. The highest BCUT2D eigenvalue weighted by molar-refractivity contribution is 7.98. The SMILES string of the molecule is CC(C)(C)NC(=O)c1ccc(CSc2c(Cl)ccc3c2CCCCN3)cc1F.Cl. The molecule has 0 unspecified atom stereocenters. The van der Waals surface area contributed by atoms with Gasteiger partial charge in [-0.2, -0.15) is 0 Å². The first-order valence-corrected chi connectivity index (χ1v) is 10.9. The Labute approximate surface area is 187 Å². The van der Waals surface area contributed by atoms with Crippen molar-refractivity contribution in [1.82, 2.24) is 5.32 Å². The summed E-state index contributed by atoms with van der Waals surface area (Å²) in [5.41, 5.74) is 2.87. The maximum Gasteiger partial charge on any atom is 0.254 e. The van der Waals surface area contributed by atoms with Gasteiger partial charge >= 0.3 is 0 Å². The summed E-state index contributed by atoms with van der Waals surface area (Å²) in [6.45, 7) is 6.58. The molecule has 2 N–H and O–H groups in total. The van der Waals surface area contributed by atoms with Crippen LogP contribution in [0.4, 0.5) is 10.1 Å². The molecule has 0 bridgehead atoms. The van der Waals surface area contributed by atoms with Crippen LogP contribution in [0.3, 0.4) is 0 Å². The molecule has 1 aliphatic heterocycles. The van der Waals surface area contributed by atoms with Gasteiger partial charge in [-0.05, 0) is 75.4 Å². The van der Waals surface area contributed by atoms with Gasteiger partial charge in [-0.1, -0.05) is 17.7 Å². The Hall–Kier alpha value is -1.43. The van der Waals surface area contributed by atoms with Gasteiger partial charge in [0, 0.05) is 28.4 Å². The van der Waals surface area contributed by atoms with Crippen molar-refractivity contribution < 1.29 is 9.18 Å². The van der Waals surface area contributed by atoms with Crippen LogP contribution in [0.15, 0.2) is 35.2 Å². The van der Waals surface area contributed by atoms with E-state index in [1.54, 1.807) is 23.9 Å². The molecule has 0 fully saturated rings. The quantitative estimate of drug-likeness (QED) is 0.517. The lowest BCUT2D eigenvalue weighted by Crippen LogP contribution is -2.40. The lowest BCUT2D eigenvalue weighted by molar-refractivity contribution is 0.0915. The van der Waals surface area contributed by atoms with E-state index in [-0.39, 0.29) is 18.0 Å². The van der Waals surface area contributed by atoms with Crippen LogP contribution in [-0.2, 0) is 12.2 Å². The third-order valence-corrected chi connectivity index (χ3v) is 6.19. The van der Waals surface area contributed by atoms with Gasteiger partial charge in [0.1, 0.15) is 5.82 Å². The molecule has 3 nitrogen and oxygen atoms in total. The van der Waals surface area contributed by atoms with E-state index in [0.717, 1.165) is 47.0 Å². The molecular formula is C22H27Cl2FN2OS. The number of nitrogens with one attached hydrogen (secondary N) is 2.